The molecule has 0 radical (unpaired) electrons. The summed E-state index contributed by atoms with van der Waals surface area (Å²) in [4.78, 5) is 25.6. The second-order valence-electron chi connectivity index (χ2n) is 5.60. The number of benzene rings is 1. The summed E-state index contributed by atoms with van der Waals surface area (Å²) in [5, 5.41) is 2.82. The normalized spacial score (nSPS) is 11.0. The Morgan fingerprint density at radius 2 is 1.89 bits per heavy atom. The molecule has 104 valence electrons. The number of nitrogens with zero attached hydrogens (tertiary/aromatic N) is 1. The summed E-state index contributed by atoms with van der Waals surface area (Å²) < 4.78 is 0. The summed E-state index contributed by atoms with van der Waals surface area (Å²) >= 11 is 0. The first-order chi connectivity index (χ1) is 8.75. The van der Waals surface area contributed by atoms with Crippen molar-refractivity contribution >= 4 is 17.5 Å². The molecule has 0 saturated carbocycles. The molecule has 4 nitrogen and oxygen atoms in total. The topological polar surface area (TPSA) is 49.4 Å². The lowest BCUT2D eigenvalue weighted by Crippen LogP contribution is -2.28. The maximum Gasteiger partial charge on any atom is 0.253 e. The van der Waals surface area contributed by atoms with Gasteiger partial charge < -0.3 is 10.2 Å². The maximum absolute atomic E-state index is 12.0. The SMILES string of the molecule is CCN(C)C(=O)c1cccc(NC(=O)C(C)(C)C)c1. The maximum atomic E-state index is 12.0. The van der Waals surface area contributed by atoms with Crippen molar-refractivity contribution in [3.05, 3.63) is 29.8 Å². The fourth-order valence-electron chi connectivity index (χ4n) is 1.41. The van der Waals surface area contributed by atoms with Gasteiger partial charge >= 0.3 is 0 Å². The third kappa shape index (κ3) is 4.09. The fourth-order valence-corrected chi connectivity index (χ4v) is 1.41. The van der Waals surface area contributed by atoms with Crippen LogP contribution < -0.4 is 5.32 Å². The molecule has 0 aliphatic carbocycles. The molecule has 0 bridgehead atoms. The van der Waals surface area contributed by atoms with Crippen LogP contribution in [0.5, 0.6) is 0 Å². The summed E-state index contributed by atoms with van der Waals surface area (Å²) in [6.45, 7) is 8.12. The Balaban J connectivity index is 2.89. The monoisotopic (exact) mass is 262 g/mol. The van der Waals surface area contributed by atoms with Crippen molar-refractivity contribution < 1.29 is 9.59 Å². The molecule has 0 heterocycles. The van der Waals surface area contributed by atoms with Crippen LogP contribution in [0.4, 0.5) is 5.69 Å². The lowest BCUT2D eigenvalue weighted by molar-refractivity contribution is -0.123. The van der Waals surface area contributed by atoms with Gasteiger partial charge in [-0.25, -0.2) is 0 Å². The minimum atomic E-state index is -0.458. The molecular formula is C15H22N2O2. The molecule has 0 unspecified atom stereocenters. The van der Waals surface area contributed by atoms with Crippen molar-refractivity contribution in [3.8, 4) is 0 Å². The highest BCUT2D eigenvalue weighted by molar-refractivity contribution is 5.98. The highest BCUT2D eigenvalue weighted by atomic mass is 16.2. The van der Waals surface area contributed by atoms with Crippen LogP contribution in [0.3, 0.4) is 0 Å². The highest BCUT2D eigenvalue weighted by Gasteiger charge is 2.21. The number of amides is 2. The van der Waals surface area contributed by atoms with Gasteiger partial charge in [-0.15, -0.1) is 0 Å². The Hall–Kier alpha value is -1.84. The van der Waals surface area contributed by atoms with E-state index in [0.717, 1.165) is 0 Å². The molecule has 0 aliphatic heterocycles. The van der Waals surface area contributed by atoms with Crippen molar-refractivity contribution in [1.29, 1.82) is 0 Å². The van der Waals surface area contributed by atoms with E-state index in [2.05, 4.69) is 5.32 Å². The number of nitrogens with one attached hydrogen (secondary N) is 1. The molecule has 0 spiro atoms. The molecule has 0 fully saturated rings. The quantitative estimate of drug-likeness (QED) is 0.910. The van der Waals surface area contributed by atoms with Crippen LogP contribution in [0.1, 0.15) is 38.1 Å². The number of carbonyl (C=O) groups is 2. The van der Waals surface area contributed by atoms with Crippen LogP contribution in [0.2, 0.25) is 0 Å². The number of rotatable bonds is 3. The van der Waals surface area contributed by atoms with E-state index >= 15 is 0 Å². The molecule has 0 atom stereocenters. The van der Waals surface area contributed by atoms with Crippen molar-refractivity contribution in [3.63, 3.8) is 0 Å². The van der Waals surface area contributed by atoms with Gasteiger partial charge in [0.05, 0.1) is 0 Å². The first kappa shape index (κ1) is 15.2. The van der Waals surface area contributed by atoms with E-state index in [9.17, 15) is 9.59 Å². The lowest BCUT2D eigenvalue weighted by Gasteiger charge is -2.18. The van der Waals surface area contributed by atoms with Gasteiger partial charge in [0.1, 0.15) is 0 Å². The Labute approximate surface area is 114 Å². The average Bonchev–Trinajstić information content (AvgIpc) is 2.36. The largest absolute Gasteiger partial charge is 0.342 e. The zero-order valence-corrected chi connectivity index (χ0v) is 12.3. The Bertz CT molecular complexity index is 475. The summed E-state index contributed by atoms with van der Waals surface area (Å²) in [6.07, 6.45) is 0. The molecule has 0 aromatic heterocycles. The smallest absolute Gasteiger partial charge is 0.253 e. The first-order valence-corrected chi connectivity index (χ1v) is 6.42. The van der Waals surface area contributed by atoms with E-state index in [1.54, 1.807) is 36.2 Å². The second kappa shape index (κ2) is 5.87. The van der Waals surface area contributed by atoms with E-state index < -0.39 is 5.41 Å². The minimum Gasteiger partial charge on any atom is -0.342 e. The standard InChI is InChI=1S/C15H22N2O2/c1-6-17(5)13(18)11-8-7-9-12(10-11)16-14(19)15(2,3)4/h7-10H,6H2,1-5H3,(H,16,19). The van der Waals surface area contributed by atoms with Crippen LogP contribution >= 0.6 is 0 Å². The molecule has 1 aromatic carbocycles. The lowest BCUT2D eigenvalue weighted by atomic mass is 9.95. The van der Waals surface area contributed by atoms with Crippen LogP contribution in [-0.2, 0) is 4.79 Å². The van der Waals surface area contributed by atoms with Crippen LogP contribution in [-0.4, -0.2) is 30.3 Å². The van der Waals surface area contributed by atoms with Crippen LogP contribution in [0.15, 0.2) is 24.3 Å². The van der Waals surface area contributed by atoms with Crippen molar-refractivity contribution in [1.82, 2.24) is 4.90 Å². The zero-order valence-electron chi connectivity index (χ0n) is 12.3. The zero-order chi connectivity index (χ0) is 14.6. The summed E-state index contributed by atoms with van der Waals surface area (Å²) in [6, 6.07) is 7.01. The molecule has 4 heteroatoms. The van der Waals surface area contributed by atoms with Gasteiger partial charge in [-0.3, -0.25) is 9.59 Å². The van der Waals surface area contributed by atoms with Gasteiger partial charge in [0, 0.05) is 30.3 Å². The van der Waals surface area contributed by atoms with Gasteiger partial charge in [-0.2, -0.15) is 0 Å². The Morgan fingerprint density at radius 1 is 1.26 bits per heavy atom. The van der Waals surface area contributed by atoms with E-state index in [4.69, 9.17) is 0 Å². The van der Waals surface area contributed by atoms with E-state index in [1.165, 1.54) is 0 Å². The van der Waals surface area contributed by atoms with E-state index in [0.29, 0.717) is 17.8 Å². The number of hydrogen-bond acceptors (Lipinski definition) is 2. The molecule has 1 N–H and O–H groups in total. The molecule has 1 rings (SSSR count). The van der Waals surface area contributed by atoms with Crippen molar-refractivity contribution in [2.45, 2.75) is 27.7 Å². The van der Waals surface area contributed by atoms with Crippen molar-refractivity contribution in [2.75, 3.05) is 18.9 Å². The van der Waals surface area contributed by atoms with Crippen LogP contribution in [0.25, 0.3) is 0 Å². The molecule has 0 saturated heterocycles. The number of carbonyl (C=O) groups excluding carboxylic acids is 2. The van der Waals surface area contributed by atoms with E-state index in [-0.39, 0.29) is 11.8 Å². The summed E-state index contributed by atoms with van der Waals surface area (Å²) in [5.74, 6) is -0.115. The molecule has 1 aromatic rings. The van der Waals surface area contributed by atoms with Gasteiger partial charge in [0.15, 0.2) is 0 Å². The molecular weight excluding hydrogens is 240 g/mol. The third-order valence-corrected chi connectivity index (χ3v) is 2.87. The highest BCUT2D eigenvalue weighted by Crippen LogP contribution is 2.18. The minimum absolute atomic E-state index is 0.0469. The fraction of sp³-hybridized carbons (Fsp3) is 0.467. The predicted octanol–water partition coefficient (Wildman–Crippen LogP) is 2.76. The van der Waals surface area contributed by atoms with Crippen LogP contribution in [0, 0.1) is 5.41 Å². The number of hydrogen-bond donors (Lipinski definition) is 1. The summed E-state index contributed by atoms with van der Waals surface area (Å²) in [7, 11) is 1.75. The van der Waals surface area contributed by atoms with Gasteiger partial charge in [0.25, 0.3) is 5.91 Å². The van der Waals surface area contributed by atoms with Gasteiger partial charge in [0.2, 0.25) is 5.91 Å². The van der Waals surface area contributed by atoms with Gasteiger partial charge in [-0.1, -0.05) is 26.8 Å². The predicted molar refractivity (Wildman–Crippen MR) is 77.2 cm³/mol. The van der Waals surface area contributed by atoms with E-state index in [1.807, 2.05) is 27.7 Å². The molecule has 2 amide bonds. The average molecular weight is 262 g/mol. The molecule has 0 aliphatic rings. The third-order valence-electron chi connectivity index (χ3n) is 2.87. The Morgan fingerprint density at radius 3 is 2.42 bits per heavy atom. The Kier molecular flexibility index (Phi) is 4.70. The molecule has 19 heavy (non-hydrogen) atoms. The first-order valence-electron chi connectivity index (χ1n) is 6.42. The summed E-state index contributed by atoms with van der Waals surface area (Å²) in [5.41, 5.74) is 0.770. The van der Waals surface area contributed by atoms with Crippen molar-refractivity contribution in [2.24, 2.45) is 5.41 Å². The second-order valence-corrected chi connectivity index (χ2v) is 5.60. The number of anilines is 1. The van der Waals surface area contributed by atoms with Gasteiger partial charge in [-0.05, 0) is 25.1 Å².